The zero-order valence-electron chi connectivity index (χ0n) is 14.6. The van der Waals surface area contributed by atoms with E-state index in [1.165, 1.54) is 5.56 Å². The third-order valence-corrected chi connectivity index (χ3v) is 4.77. The highest BCUT2D eigenvalue weighted by atomic mass is 16.3. The van der Waals surface area contributed by atoms with Gasteiger partial charge < -0.3 is 15.3 Å². The number of carbonyl (C=O) groups is 1. The van der Waals surface area contributed by atoms with Crippen molar-refractivity contribution in [2.45, 2.75) is 25.9 Å². The molecule has 1 aromatic carbocycles. The van der Waals surface area contributed by atoms with Gasteiger partial charge in [0, 0.05) is 18.7 Å². The van der Waals surface area contributed by atoms with E-state index in [0.717, 1.165) is 31.5 Å². The molecule has 25 heavy (non-hydrogen) atoms. The van der Waals surface area contributed by atoms with Crippen LogP contribution in [-0.2, 0) is 4.79 Å². The highest BCUT2D eigenvalue weighted by Crippen LogP contribution is 2.22. The van der Waals surface area contributed by atoms with E-state index in [0.29, 0.717) is 12.4 Å². The first-order valence-corrected chi connectivity index (χ1v) is 8.80. The molecule has 1 fully saturated rings. The van der Waals surface area contributed by atoms with Gasteiger partial charge in [-0.15, -0.1) is 0 Å². The Balaban J connectivity index is 1.46. The lowest BCUT2D eigenvalue weighted by molar-refractivity contribution is -0.121. The van der Waals surface area contributed by atoms with Crippen LogP contribution >= 0.6 is 0 Å². The van der Waals surface area contributed by atoms with Crippen LogP contribution in [0.25, 0.3) is 0 Å². The molecule has 1 amide bonds. The predicted octanol–water partition coefficient (Wildman–Crippen LogP) is 2.77. The summed E-state index contributed by atoms with van der Waals surface area (Å²) in [5, 5.41) is 13.3. The van der Waals surface area contributed by atoms with E-state index < -0.39 is 6.10 Å². The Kier molecular flexibility index (Phi) is 5.79. The van der Waals surface area contributed by atoms with Gasteiger partial charge in [-0.25, -0.2) is 4.98 Å². The number of β-amino-alcohol motifs (C(OH)–C–C–N with tert-alkyl or cyclic N) is 1. The maximum atomic E-state index is 12.3. The number of pyridine rings is 1. The molecular weight excluding hydrogens is 314 g/mol. The van der Waals surface area contributed by atoms with Crippen molar-refractivity contribution in [3.63, 3.8) is 0 Å². The van der Waals surface area contributed by atoms with Crippen molar-refractivity contribution in [2.75, 3.05) is 25.0 Å². The molecule has 0 spiro atoms. The fraction of sp³-hybridized carbons (Fsp3) is 0.400. The molecule has 1 saturated heterocycles. The predicted molar refractivity (Wildman–Crippen MR) is 98.2 cm³/mol. The molecule has 0 radical (unpaired) electrons. The Morgan fingerprint density at radius 2 is 1.96 bits per heavy atom. The first-order chi connectivity index (χ1) is 12.1. The van der Waals surface area contributed by atoms with Gasteiger partial charge in [-0.05, 0) is 50.6 Å². The van der Waals surface area contributed by atoms with Crippen LogP contribution < -0.4 is 5.32 Å². The number of hydrogen-bond acceptors (Lipinski definition) is 4. The highest BCUT2D eigenvalue weighted by Gasteiger charge is 2.26. The zero-order chi connectivity index (χ0) is 17.6. The number of piperidine rings is 1. The number of nitrogens with one attached hydrogen (secondary N) is 1. The second kappa shape index (κ2) is 8.23. The van der Waals surface area contributed by atoms with Gasteiger partial charge in [-0.3, -0.25) is 4.79 Å². The van der Waals surface area contributed by atoms with Gasteiger partial charge in [0.2, 0.25) is 5.91 Å². The highest BCUT2D eigenvalue weighted by molar-refractivity contribution is 5.91. The fourth-order valence-corrected chi connectivity index (χ4v) is 3.18. The number of aryl methyl sites for hydroxylation is 1. The second-order valence-corrected chi connectivity index (χ2v) is 6.71. The average Bonchev–Trinajstić information content (AvgIpc) is 2.63. The summed E-state index contributed by atoms with van der Waals surface area (Å²) in [6.45, 7) is 4.29. The van der Waals surface area contributed by atoms with Crippen molar-refractivity contribution in [2.24, 2.45) is 5.92 Å². The van der Waals surface area contributed by atoms with Crippen molar-refractivity contribution in [3.05, 3.63) is 59.8 Å². The number of anilines is 1. The number of benzene rings is 1. The molecule has 1 aliphatic rings. The molecule has 2 aromatic rings. The molecule has 1 aliphatic heterocycles. The monoisotopic (exact) mass is 339 g/mol. The van der Waals surface area contributed by atoms with Crippen LogP contribution in [0.2, 0.25) is 0 Å². The van der Waals surface area contributed by atoms with Gasteiger partial charge in [0.05, 0.1) is 6.10 Å². The molecular formula is C20H25N3O2. The number of likely N-dealkylation sites (tertiary alicyclic amines) is 1. The summed E-state index contributed by atoms with van der Waals surface area (Å²) in [5.41, 5.74) is 2.14. The van der Waals surface area contributed by atoms with Gasteiger partial charge in [0.1, 0.15) is 5.82 Å². The van der Waals surface area contributed by atoms with Gasteiger partial charge in [0.15, 0.2) is 0 Å². The number of carbonyl (C=O) groups excluding carboxylic acids is 1. The van der Waals surface area contributed by atoms with E-state index in [9.17, 15) is 9.90 Å². The van der Waals surface area contributed by atoms with Crippen LogP contribution in [0.5, 0.6) is 0 Å². The Labute approximate surface area is 148 Å². The molecule has 5 nitrogen and oxygen atoms in total. The number of aliphatic hydroxyl groups is 1. The summed E-state index contributed by atoms with van der Waals surface area (Å²) in [5.74, 6) is 0.650. The Morgan fingerprint density at radius 3 is 2.60 bits per heavy atom. The summed E-state index contributed by atoms with van der Waals surface area (Å²) in [4.78, 5) is 18.7. The van der Waals surface area contributed by atoms with Crippen LogP contribution in [0.3, 0.4) is 0 Å². The number of hydrogen-bond donors (Lipinski definition) is 2. The van der Waals surface area contributed by atoms with E-state index in [2.05, 4.69) is 15.2 Å². The van der Waals surface area contributed by atoms with Crippen LogP contribution in [-0.4, -0.2) is 40.5 Å². The normalized spacial score (nSPS) is 17.2. The molecule has 0 aliphatic carbocycles. The molecule has 5 heteroatoms. The molecule has 0 bridgehead atoms. The SMILES string of the molecule is Cc1ccc([C@@H](O)CN2CCC(C(=O)Nc3ccccn3)CC2)cc1. The van der Waals surface area contributed by atoms with Gasteiger partial charge in [-0.2, -0.15) is 0 Å². The van der Waals surface area contributed by atoms with Crippen molar-refractivity contribution < 1.29 is 9.90 Å². The Morgan fingerprint density at radius 1 is 1.24 bits per heavy atom. The lowest BCUT2D eigenvalue weighted by Crippen LogP contribution is -2.40. The number of amides is 1. The number of nitrogens with zero attached hydrogens (tertiary/aromatic N) is 2. The summed E-state index contributed by atoms with van der Waals surface area (Å²) >= 11 is 0. The van der Waals surface area contributed by atoms with E-state index >= 15 is 0 Å². The molecule has 1 aromatic heterocycles. The molecule has 2 N–H and O–H groups in total. The first kappa shape index (κ1) is 17.6. The number of rotatable bonds is 5. The van der Waals surface area contributed by atoms with E-state index in [4.69, 9.17) is 0 Å². The van der Waals surface area contributed by atoms with Crippen LogP contribution in [0.15, 0.2) is 48.7 Å². The second-order valence-electron chi connectivity index (χ2n) is 6.71. The van der Waals surface area contributed by atoms with Gasteiger partial charge >= 0.3 is 0 Å². The van der Waals surface area contributed by atoms with E-state index in [-0.39, 0.29) is 11.8 Å². The van der Waals surface area contributed by atoms with Crippen LogP contribution in [0.1, 0.15) is 30.1 Å². The summed E-state index contributed by atoms with van der Waals surface area (Å²) in [6, 6.07) is 13.5. The molecule has 132 valence electrons. The third-order valence-electron chi connectivity index (χ3n) is 4.77. The zero-order valence-corrected chi connectivity index (χ0v) is 14.6. The standard InChI is InChI=1S/C20H25N3O2/c1-15-5-7-16(8-6-15)18(24)14-23-12-9-17(10-13-23)20(25)22-19-4-2-3-11-21-19/h2-8,11,17-18,24H,9-10,12-14H2,1H3,(H,21,22,25)/t18-/m0/s1. The number of aliphatic hydroxyl groups excluding tert-OH is 1. The minimum atomic E-state index is -0.487. The quantitative estimate of drug-likeness (QED) is 0.879. The molecule has 3 rings (SSSR count). The fourth-order valence-electron chi connectivity index (χ4n) is 3.18. The van der Waals surface area contributed by atoms with E-state index in [1.54, 1.807) is 12.3 Å². The maximum absolute atomic E-state index is 12.3. The van der Waals surface area contributed by atoms with Gasteiger partial charge in [0.25, 0.3) is 0 Å². The minimum absolute atomic E-state index is 0.00905. The molecule has 0 saturated carbocycles. The van der Waals surface area contributed by atoms with Crippen LogP contribution in [0, 0.1) is 12.8 Å². The summed E-state index contributed by atoms with van der Waals surface area (Å²) in [7, 11) is 0. The van der Waals surface area contributed by atoms with Gasteiger partial charge in [-0.1, -0.05) is 35.9 Å². The lowest BCUT2D eigenvalue weighted by atomic mass is 9.95. The largest absolute Gasteiger partial charge is 0.387 e. The lowest BCUT2D eigenvalue weighted by Gasteiger charge is -2.32. The summed E-state index contributed by atoms with van der Waals surface area (Å²) in [6.07, 6.45) is 2.79. The van der Waals surface area contributed by atoms with Crippen molar-refractivity contribution in [3.8, 4) is 0 Å². The van der Waals surface area contributed by atoms with Crippen molar-refractivity contribution in [1.29, 1.82) is 0 Å². The van der Waals surface area contributed by atoms with Crippen molar-refractivity contribution >= 4 is 11.7 Å². The van der Waals surface area contributed by atoms with Crippen LogP contribution in [0.4, 0.5) is 5.82 Å². The Bertz CT molecular complexity index is 680. The minimum Gasteiger partial charge on any atom is -0.387 e. The topological polar surface area (TPSA) is 65.5 Å². The third kappa shape index (κ3) is 4.87. The molecule has 2 heterocycles. The summed E-state index contributed by atoms with van der Waals surface area (Å²) < 4.78 is 0. The Hall–Kier alpha value is -2.24. The smallest absolute Gasteiger partial charge is 0.228 e. The molecule has 1 atom stereocenters. The number of aromatic nitrogens is 1. The van der Waals surface area contributed by atoms with E-state index in [1.807, 2.05) is 43.3 Å². The maximum Gasteiger partial charge on any atom is 0.228 e. The molecule has 0 unspecified atom stereocenters. The first-order valence-electron chi connectivity index (χ1n) is 8.80. The van der Waals surface area contributed by atoms with Crippen molar-refractivity contribution in [1.82, 2.24) is 9.88 Å². The average molecular weight is 339 g/mol.